The summed E-state index contributed by atoms with van der Waals surface area (Å²) in [4.78, 5) is 36.5. The number of nitrogens with zero attached hydrogens (tertiary/aromatic N) is 1. The fourth-order valence-corrected chi connectivity index (χ4v) is 4.58. The smallest absolute Gasteiger partial charge is 0.412 e. The number of carboxylic acids is 1. The van der Waals surface area contributed by atoms with Gasteiger partial charge in [-0.2, -0.15) is 0 Å². The molecule has 1 aromatic carbocycles. The van der Waals surface area contributed by atoms with Gasteiger partial charge in [-0.15, -0.1) is 0 Å². The molecule has 1 aliphatic heterocycles. The van der Waals surface area contributed by atoms with Crippen molar-refractivity contribution in [2.45, 2.75) is 49.7 Å². The Balaban J connectivity index is 1.64. The van der Waals surface area contributed by atoms with Gasteiger partial charge >= 0.3 is 18.0 Å². The molecular formula is C19H22N2O6. The van der Waals surface area contributed by atoms with E-state index in [0.717, 1.165) is 24.8 Å². The number of aliphatic carboxylic acids is 1. The number of hydrogen-bond donors (Lipinski definition) is 3. The molecule has 1 aromatic rings. The normalized spacial score (nSPS) is 27.4. The number of carbonyl (C=O) groups excluding carboxylic acids is 1. The van der Waals surface area contributed by atoms with Gasteiger partial charge in [-0.1, -0.05) is 24.6 Å². The Bertz CT molecular complexity index is 790. The number of carbonyl (C=O) groups is 3. The summed E-state index contributed by atoms with van der Waals surface area (Å²) in [6.45, 7) is -0.650. The van der Waals surface area contributed by atoms with Crippen LogP contribution in [0, 0.1) is 5.92 Å². The summed E-state index contributed by atoms with van der Waals surface area (Å²) >= 11 is 0. The highest BCUT2D eigenvalue weighted by molar-refractivity contribution is 5.89. The van der Waals surface area contributed by atoms with E-state index in [1.54, 1.807) is 6.07 Å². The summed E-state index contributed by atoms with van der Waals surface area (Å²) in [5.41, 5.74) is 0.645. The molecule has 0 radical (unpaired) electrons. The average Bonchev–Trinajstić information content (AvgIpc) is 3.27. The standard InChI is InChI=1S/C19H22N2O6/c22-15(23)10-27-17(24)19(8-9-19)20-16-11-4-1-2-6-13(11)21(18(25)26)14-7-3-5-12(14)16/h1-2,4,6,12,14,16,20H,3,5,7-10H2,(H,22,23)(H,25,26). The second-order valence-electron chi connectivity index (χ2n) is 7.55. The lowest BCUT2D eigenvalue weighted by molar-refractivity contribution is -0.157. The molecule has 0 saturated heterocycles. The third-order valence-corrected chi connectivity index (χ3v) is 5.93. The fourth-order valence-electron chi connectivity index (χ4n) is 4.58. The number of fused-ring (bicyclic) bond motifs is 2. The molecule has 2 saturated carbocycles. The predicted molar refractivity (Wildman–Crippen MR) is 94.5 cm³/mol. The van der Waals surface area contributed by atoms with Crippen LogP contribution in [0.25, 0.3) is 0 Å². The van der Waals surface area contributed by atoms with Gasteiger partial charge in [0.2, 0.25) is 0 Å². The minimum Gasteiger partial charge on any atom is -0.479 e. The second kappa shape index (κ2) is 6.53. The molecular weight excluding hydrogens is 352 g/mol. The van der Waals surface area contributed by atoms with Gasteiger partial charge in [0.15, 0.2) is 6.61 Å². The van der Waals surface area contributed by atoms with Crippen molar-refractivity contribution in [1.82, 2.24) is 5.32 Å². The number of hydrogen-bond acceptors (Lipinski definition) is 5. The van der Waals surface area contributed by atoms with E-state index in [4.69, 9.17) is 9.84 Å². The first-order valence-corrected chi connectivity index (χ1v) is 9.21. The van der Waals surface area contributed by atoms with Crippen LogP contribution < -0.4 is 10.2 Å². The number of ether oxygens (including phenoxy) is 1. The highest BCUT2D eigenvalue weighted by Crippen LogP contribution is 2.50. The molecule has 2 aliphatic carbocycles. The summed E-state index contributed by atoms with van der Waals surface area (Å²) in [7, 11) is 0. The number of para-hydroxylation sites is 1. The van der Waals surface area contributed by atoms with Crippen molar-refractivity contribution in [3.63, 3.8) is 0 Å². The van der Waals surface area contributed by atoms with Crippen LogP contribution in [-0.4, -0.2) is 46.4 Å². The lowest BCUT2D eigenvalue weighted by Crippen LogP contribution is -2.53. The molecule has 4 rings (SSSR count). The average molecular weight is 374 g/mol. The largest absolute Gasteiger partial charge is 0.479 e. The Kier molecular flexibility index (Phi) is 4.30. The number of amides is 1. The monoisotopic (exact) mass is 374 g/mol. The van der Waals surface area contributed by atoms with Crippen molar-refractivity contribution in [3.8, 4) is 0 Å². The summed E-state index contributed by atoms with van der Waals surface area (Å²) in [6.07, 6.45) is 2.82. The van der Waals surface area contributed by atoms with Gasteiger partial charge in [-0.25, -0.2) is 9.59 Å². The third-order valence-electron chi connectivity index (χ3n) is 5.93. The van der Waals surface area contributed by atoms with Gasteiger partial charge in [-0.3, -0.25) is 15.0 Å². The molecule has 3 aliphatic rings. The Morgan fingerprint density at radius 2 is 1.93 bits per heavy atom. The number of esters is 1. The first-order valence-electron chi connectivity index (χ1n) is 9.21. The van der Waals surface area contributed by atoms with Crippen LogP contribution in [0.1, 0.15) is 43.7 Å². The van der Waals surface area contributed by atoms with Gasteiger partial charge in [-0.05, 0) is 43.2 Å². The summed E-state index contributed by atoms with van der Waals surface area (Å²) in [5, 5.41) is 21.9. The number of benzene rings is 1. The molecule has 3 atom stereocenters. The predicted octanol–water partition coefficient (Wildman–Crippen LogP) is 2.14. The summed E-state index contributed by atoms with van der Waals surface area (Å²) < 4.78 is 4.93. The first kappa shape index (κ1) is 17.8. The van der Waals surface area contributed by atoms with E-state index in [1.807, 2.05) is 18.2 Å². The molecule has 2 fully saturated rings. The molecule has 3 unspecified atom stereocenters. The van der Waals surface area contributed by atoms with Crippen LogP contribution in [-0.2, 0) is 14.3 Å². The van der Waals surface area contributed by atoms with Crippen LogP contribution in [0.3, 0.4) is 0 Å². The molecule has 1 heterocycles. The maximum Gasteiger partial charge on any atom is 0.412 e. The van der Waals surface area contributed by atoms with Crippen LogP contribution in [0.4, 0.5) is 10.5 Å². The van der Waals surface area contributed by atoms with Crippen molar-refractivity contribution in [2.24, 2.45) is 5.92 Å². The molecule has 0 bridgehead atoms. The first-order chi connectivity index (χ1) is 12.9. The van der Waals surface area contributed by atoms with E-state index in [9.17, 15) is 19.5 Å². The zero-order valence-electron chi connectivity index (χ0n) is 14.8. The van der Waals surface area contributed by atoms with Crippen molar-refractivity contribution in [1.29, 1.82) is 0 Å². The summed E-state index contributed by atoms with van der Waals surface area (Å²) in [5.74, 6) is -1.66. The molecule has 0 aromatic heterocycles. The van der Waals surface area contributed by atoms with Crippen molar-refractivity contribution in [2.75, 3.05) is 11.5 Å². The zero-order chi connectivity index (χ0) is 19.2. The second-order valence-corrected chi connectivity index (χ2v) is 7.55. The van der Waals surface area contributed by atoms with E-state index < -0.39 is 30.2 Å². The summed E-state index contributed by atoms with van der Waals surface area (Å²) in [6, 6.07) is 7.09. The van der Waals surface area contributed by atoms with Gasteiger partial charge in [0.25, 0.3) is 0 Å². The van der Waals surface area contributed by atoms with Gasteiger partial charge in [0, 0.05) is 12.1 Å². The van der Waals surface area contributed by atoms with Crippen LogP contribution in [0.15, 0.2) is 24.3 Å². The Hall–Kier alpha value is -2.61. The van der Waals surface area contributed by atoms with E-state index >= 15 is 0 Å². The van der Waals surface area contributed by atoms with E-state index in [0.29, 0.717) is 18.5 Å². The molecule has 27 heavy (non-hydrogen) atoms. The number of rotatable bonds is 5. The minimum atomic E-state index is -1.19. The maximum atomic E-state index is 12.4. The van der Waals surface area contributed by atoms with Crippen molar-refractivity contribution >= 4 is 23.7 Å². The van der Waals surface area contributed by atoms with E-state index in [1.165, 1.54) is 4.90 Å². The third kappa shape index (κ3) is 3.03. The van der Waals surface area contributed by atoms with E-state index in [2.05, 4.69) is 5.32 Å². The maximum absolute atomic E-state index is 12.4. The van der Waals surface area contributed by atoms with Crippen LogP contribution >= 0.6 is 0 Å². The van der Waals surface area contributed by atoms with Crippen LogP contribution in [0.2, 0.25) is 0 Å². The van der Waals surface area contributed by atoms with Crippen LogP contribution in [0.5, 0.6) is 0 Å². The SMILES string of the molecule is O=C(O)COC(=O)C1(NC2c3ccccc3N(C(=O)O)C3CCCC23)CC1. The van der Waals surface area contributed by atoms with Gasteiger partial charge in [0.1, 0.15) is 5.54 Å². The minimum absolute atomic E-state index is 0.0701. The molecule has 8 nitrogen and oxygen atoms in total. The van der Waals surface area contributed by atoms with Crippen molar-refractivity contribution in [3.05, 3.63) is 29.8 Å². The lowest BCUT2D eigenvalue weighted by atomic mass is 9.82. The quantitative estimate of drug-likeness (QED) is 0.676. The topological polar surface area (TPSA) is 116 Å². The Labute approximate surface area is 156 Å². The number of nitrogens with one attached hydrogen (secondary N) is 1. The van der Waals surface area contributed by atoms with Crippen molar-refractivity contribution < 1.29 is 29.3 Å². The zero-order valence-corrected chi connectivity index (χ0v) is 14.8. The molecule has 1 amide bonds. The lowest BCUT2D eigenvalue weighted by Gasteiger charge is -2.43. The van der Waals surface area contributed by atoms with E-state index in [-0.39, 0.29) is 18.0 Å². The highest BCUT2D eigenvalue weighted by Gasteiger charge is 2.56. The molecule has 8 heteroatoms. The van der Waals surface area contributed by atoms with Gasteiger partial charge < -0.3 is 14.9 Å². The highest BCUT2D eigenvalue weighted by atomic mass is 16.6. The molecule has 0 spiro atoms. The fraction of sp³-hybridized carbons (Fsp3) is 0.526. The molecule has 144 valence electrons. The number of carboxylic acid groups (broad SMARTS) is 2. The van der Waals surface area contributed by atoms with Gasteiger partial charge in [0.05, 0.1) is 5.69 Å². The molecule has 3 N–H and O–H groups in total. The Morgan fingerprint density at radius 1 is 1.19 bits per heavy atom. The number of anilines is 1. The Morgan fingerprint density at radius 3 is 2.59 bits per heavy atom.